The van der Waals surface area contributed by atoms with Crippen molar-refractivity contribution in [3.8, 4) is 0 Å². The summed E-state index contributed by atoms with van der Waals surface area (Å²) in [4.78, 5) is 13.0. The van der Waals surface area contributed by atoms with Crippen molar-refractivity contribution in [2.24, 2.45) is 5.92 Å². The normalized spacial score (nSPS) is 37.5. The predicted molar refractivity (Wildman–Crippen MR) is 110 cm³/mol. The van der Waals surface area contributed by atoms with E-state index in [1.807, 2.05) is 39.8 Å². The minimum atomic E-state index is -0.749. The van der Waals surface area contributed by atoms with Crippen LogP contribution in [0, 0.1) is 19.8 Å². The van der Waals surface area contributed by atoms with Gasteiger partial charge in [0, 0.05) is 6.42 Å². The van der Waals surface area contributed by atoms with Gasteiger partial charge >= 0.3 is 5.97 Å². The van der Waals surface area contributed by atoms with Crippen LogP contribution < -0.4 is 0 Å². The number of carbonyl (C=O) groups excluding carboxylic acids is 1. The van der Waals surface area contributed by atoms with Crippen molar-refractivity contribution in [2.75, 3.05) is 0 Å². The summed E-state index contributed by atoms with van der Waals surface area (Å²) in [6.07, 6.45) is 4.39. The summed E-state index contributed by atoms with van der Waals surface area (Å²) in [6.45, 7) is 9.72. The maximum absolute atomic E-state index is 13.0. The molecule has 1 N–H and O–H groups in total. The summed E-state index contributed by atoms with van der Waals surface area (Å²) >= 11 is 0. The summed E-state index contributed by atoms with van der Waals surface area (Å²) in [5.41, 5.74) is 3.94. The quantitative estimate of drug-likeness (QED) is 0.523. The largest absolute Gasteiger partial charge is 0.459 e. The van der Waals surface area contributed by atoms with Crippen molar-refractivity contribution in [2.45, 2.75) is 90.0 Å². The van der Waals surface area contributed by atoms with Crippen molar-refractivity contribution in [3.05, 3.63) is 46.5 Å². The number of cyclic esters (lactones) is 1. The molecule has 0 aromatic heterocycles. The molecule has 5 heteroatoms. The van der Waals surface area contributed by atoms with Gasteiger partial charge in [0.1, 0.15) is 18.3 Å². The van der Waals surface area contributed by atoms with E-state index in [0.29, 0.717) is 18.3 Å². The number of hydrogen-bond acceptors (Lipinski definition) is 5. The molecule has 0 radical (unpaired) electrons. The number of aryl methyl sites for hydroxylation is 2. The van der Waals surface area contributed by atoms with Crippen LogP contribution in [0.1, 0.15) is 73.0 Å². The average molecular weight is 401 g/mol. The third-order valence-corrected chi connectivity index (χ3v) is 6.24. The Labute approximate surface area is 173 Å². The van der Waals surface area contributed by atoms with Crippen LogP contribution in [0.2, 0.25) is 0 Å². The zero-order chi connectivity index (χ0) is 20.9. The monoisotopic (exact) mass is 400 g/mol. The van der Waals surface area contributed by atoms with Crippen LogP contribution >= 0.6 is 0 Å². The number of aliphatic hydroxyl groups excluding tert-OH is 1. The van der Waals surface area contributed by atoms with E-state index in [0.717, 1.165) is 35.1 Å². The molecule has 0 spiro atoms. The highest BCUT2D eigenvalue weighted by molar-refractivity contribution is 5.93. The maximum atomic E-state index is 13.0. The number of fused-ring (bicyclic) bond motifs is 4. The van der Waals surface area contributed by atoms with Crippen LogP contribution in [0.4, 0.5) is 0 Å². The molecule has 2 aliphatic heterocycles. The fourth-order valence-electron chi connectivity index (χ4n) is 4.90. The van der Waals surface area contributed by atoms with Gasteiger partial charge < -0.3 is 19.3 Å². The zero-order valence-corrected chi connectivity index (χ0v) is 18.0. The lowest BCUT2D eigenvalue weighted by Crippen LogP contribution is -2.34. The van der Waals surface area contributed by atoms with Crippen molar-refractivity contribution in [1.29, 1.82) is 0 Å². The lowest BCUT2D eigenvalue weighted by Gasteiger charge is -2.21. The Kier molecular flexibility index (Phi) is 5.34. The van der Waals surface area contributed by atoms with Gasteiger partial charge in [-0.1, -0.05) is 29.8 Å². The van der Waals surface area contributed by atoms with E-state index in [4.69, 9.17) is 14.2 Å². The second kappa shape index (κ2) is 7.53. The number of carbonyl (C=O) groups is 1. The molecule has 158 valence electrons. The van der Waals surface area contributed by atoms with Crippen LogP contribution in [-0.2, 0) is 14.2 Å². The molecule has 1 saturated heterocycles. The Balaban J connectivity index is 1.69. The SMILES string of the molecule is Cc1cc(C)c2c(c1)C1CC1C[C@@H]1OC(C)(C)O[C@@H]1C(O)/C=C\C[C@H](C)OC2=O. The second-order valence-corrected chi connectivity index (χ2v) is 9.39. The number of rotatable bonds is 0. The molecular formula is C24H32O5. The first-order chi connectivity index (χ1) is 13.6. The Bertz CT molecular complexity index is 827. The lowest BCUT2D eigenvalue weighted by molar-refractivity contribution is -0.153. The molecule has 1 aromatic carbocycles. The van der Waals surface area contributed by atoms with E-state index in [9.17, 15) is 9.90 Å². The molecular weight excluding hydrogens is 368 g/mol. The van der Waals surface area contributed by atoms with Crippen molar-refractivity contribution >= 4 is 5.97 Å². The van der Waals surface area contributed by atoms with Gasteiger partial charge in [0.15, 0.2) is 5.79 Å². The Hall–Kier alpha value is -1.69. The van der Waals surface area contributed by atoms with Crippen molar-refractivity contribution in [1.82, 2.24) is 0 Å². The highest BCUT2D eigenvalue weighted by Crippen LogP contribution is 2.53. The fraction of sp³-hybridized carbons (Fsp3) is 0.625. The lowest BCUT2D eigenvalue weighted by atomic mass is 9.93. The highest BCUT2D eigenvalue weighted by atomic mass is 16.8. The van der Waals surface area contributed by atoms with Gasteiger partial charge in [-0.15, -0.1) is 0 Å². The van der Waals surface area contributed by atoms with Gasteiger partial charge in [-0.2, -0.15) is 0 Å². The minimum absolute atomic E-state index is 0.165. The number of ether oxygens (including phenoxy) is 3. The smallest absolute Gasteiger partial charge is 0.338 e. The topological polar surface area (TPSA) is 65.0 Å². The first kappa shape index (κ1) is 20.6. The number of hydrogen-bond donors (Lipinski definition) is 1. The van der Waals surface area contributed by atoms with E-state index in [2.05, 4.69) is 13.0 Å². The Morgan fingerprint density at radius 1 is 1.14 bits per heavy atom. The molecule has 0 bridgehead atoms. The first-order valence-corrected chi connectivity index (χ1v) is 10.7. The summed E-state index contributed by atoms with van der Waals surface area (Å²) < 4.78 is 17.9. The van der Waals surface area contributed by atoms with Gasteiger partial charge in [-0.05, 0) is 70.4 Å². The van der Waals surface area contributed by atoms with Crippen LogP contribution in [0.3, 0.4) is 0 Å². The molecule has 1 aromatic rings. The van der Waals surface area contributed by atoms with Crippen LogP contribution in [0.5, 0.6) is 0 Å². The standard InChI is InChI=1S/C24H32O5/c1-13-9-14(2)21-18(10-13)17-11-16(17)12-20-22(29-24(4,5)28-20)19(25)8-6-7-15(3)27-23(21)26/h6,8-10,15-17,19-20,22,25H,7,11-12H2,1-5H3/b8-6-/t15-,16?,17?,19?,20-,22+/m0/s1. The van der Waals surface area contributed by atoms with Gasteiger partial charge in [-0.3, -0.25) is 0 Å². The van der Waals surface area contributed by atoms with Gasteiger partial charge in [0.05, 0.1) is 11.7 Å². The molecule has 6 atom stereocenters. The summed E-state index contributed by atoms with van der Waals surface area (Å²) in [7, 11) is 0. The predicted octanol–water partition coefficient (Wildman–Crippen LogP) is 4.18. The van der Waals surface area contributed by atoms with Gasteiger partial charge in [0.25, 0.3) is 0 Å². The molecule has 2 fully saturated rings. The molecule has 1 saturated carbocycles. The van der Waals surface area contributed by atoms with Crippen LogP contribution in [0.25, 0.3) is 0 Å². The highest BCUT2D eigenvalue weighted by Gasteiger charge is 2.49. The van der Waals surface area contributed by atoms with Crippen molar-refractivity contribution in [3.63, 3.8) is 0 Å². The Morgan fingerprint density at radius 2 is 1.90 bits per heavy atom. The maximum Gasteiger partial charge on any atom is 0.338 e. The van der Waals surface area contributed by atoms with E-state index in [1.54, 1.807) is 6.08 Å². The van der Waals surface area contributed by atoms with Gasteiger partial charge in [-0.25, -0.2) is 4.79 Å². The summed E-state index contributed by atoms with van der Waals surface area (Å²) in [5.74, 6) is -0.236. The average Bonchev–Trinajstić information content (AvgIpc) is 3.28. The summed E-state index contributed by atoms with van der Waals surface area (Å²) in [6, 6.07) is 4.18. The van der Waals surface area contributed by atoms with E-state index < -0.39 is 11.9 Å². The second-order valence-electron chi connectivity index (χ2n) is 9.39. The number of benzene rings is 1. The van der Waals surface area contributed by atoms with E-state index >= 15 is 0 Å². The molecule has 29 heavy (non-hydrogen) atoms. The third kappa shape index (κ3) is 4.27. The van der Waals surface area contributed by atoms with Crippen LogP contribution in [-0.4, -0.2) is 41.3 Å². The van der Waals surface area contributed by atoms with Crippen molar-refractivity contribution < 1.29 is 24.1 Å². The minimum Gasteiger partial charge on any atom is -0.459 e. The zero-order valence-electron chi connectivity index (χ0n) is 18.0. The van der Waals surface area contributed by atoms with E-state index in [-0.39, 0.29) is 24.3 Å². The molecule has 4 rings (SSSR count). The molecule has 0 amide bonds. The summed E-state index contributed by atoms with van der Waals surface area (Å²) in [5, 5.41) is 10.7. The molecule has 1 aliphatic carbocycles. The first-order valence-electron chi connectivity index (χ1n) is 10.7. The number of esters is 1. The molecule has 3 unspecified atom stereocenters. The fourth-order valence-corrected chi connectivity index (χ4v) is 4.90. The molecule has 5 nitrogen and oxygen atoms in total. The molecule has 3 aliphatic rings. The number of aliphatic hydroxyl groups is 1. The van der Waals surface area contributed by atoms with Crippen LogP contribution in [0.15, 0.2) is 24.3 Å². The third-order valence-electron chi connectivity index (χ3n) is 6.24. The Morgan fingerprint density at radius 3 is 2.66 bits per heavy atom. The molecule has 2 heterocycles. The van der Waals surface area contributed by atoms with E-state index in [1.165, 1.54) is 0 Å². The van der Waals surface area contributed by atoms with Gasteiger partial charge in [0.2, 0.25) is 0 Å².